The van der Waals surface area contributed by atoms with E-state index in [1.807, 2.05) is 0 Å². The Bertz CT molecular complexity index is 295. The summed E-state index contributed by atoms with van der Waals surface area (Å²) in [4.78, 5) is 27.0. The number of hydrogen-bond acceptors (Lipinski definition) is 5. The van der Waals surface area contributed by atoms with E-state index in [1.54, 1.807) is 0 Å². The van der Waals surface area contributed by atoms with Gasteiger partial charge in [-0.05, 0) is 0 Å². The van der Waals surface area contributed by atoms with Gasteiger partial charge in [0.25, 0.3) is 6.47 Å². The van der Waals surface area contributed by atoms with Crippen LogP contribution >= 0.6 is 0 Å². The van der Waals surface area contributed by atoms with Gasteiger partial charge in [-0.3, -0.25) is 4.79 Å². The second-order valence-corrected chi connectivity index (χ2v) is 1.76. The predicted octanol–water partition coefficient (Wildman–Crippen LogP) is -0.290. The largest absolute Gasteiger partial charge is 0.476 e. The number of carbonyl (C=O) groups is 2. The van der Waals surface area contributed by atoms with Gasteiger partial charge >= 0.3 is 5.97 Å². The van der Waals surface area contributed by atoms with Crippen LogP contribution in [0.4, 0.5) is 0 Å². The van der Waals surface area contributed by atoms with Crippen molar-refractivity contribution in [2.24, 2.45) is 0 Å². The summed E-state index contributed by atoms with van der Waals surface area (Å²) in [5, 5.41) is 8.39. The van der Waals surface area contributed by atoms with Crippen molar-refractivity contribution in [1.29, 1.82) is 0 Å². The number of rotatable bonds is 3. The van der Waals surface area contributed by atoms with Crippen molar-refractivity contribution in [2.75, 3.05) is 0 Å². The number of carbonyl (C=O) groups excluding carboxylic acids is 1. The molecule has 0 amide bonds. The summed E-state index contributed by atoms with van der Waals surface area (Å²) in [6.07, 6.45) is 2.05. The van der Waals surface area contributed by atoms with Gasteiger partial charge in [-0.25, -0.2) is 14.8 Å². The minimum atomic E-state index is -1.18. The molecule has 0 aliphatic rings. The smallest absolute Gasteiger partial charge is 0.356 e. The molecule has 0 radical (unpaired) electrons. The van der Waals surface area contributed by atoms with Crippen molar-refractivity contribution in [3.05, 3.63) is 18.1 Å². The van der Waals surface area contributed by atoms with E-state index in [0.717, 1.165) is 12.4 Å². The quantitative estimate of drug-likeness (QED) is 0.623. The highest BCUT2D eigenvalue weighted by molar-refractivity contribution is 5.84. The van der Waals surface area contributed by atoms with E-state index in [-0.39, 0.29) is 18.0 Å². The number of carboxylic acid groups (broad SMARTS) is 1. The van der Waals surface area contributed by atoms with Crippen molar-refractivity contribution in [1.82, 2.24) is 9.97 Å². The predicted molar refractivity (Wildman–Crippen MR) is 35.7 cm³/mol. The molecule has 1 rings (SSSR count). The van der Waals surface area contributed by atoms with Gasteiger partial charge in [0.05, 0.1) is 12.4 Å². The lowest BCUT2D eigenvalue weighted by Gasteiger charge is -1.94. The minimum absolute atomic E-state index is 0.0324. The molecule has 1 N–H and O–H groups in total. The first kappa shape index (κ1) is 8.12. The van der Waals surface area contributed by atoms with Gasteiger partial charge in [0, 0.05) is 0 Å². The topological polar surface area (TPSA) is 89.4 Å². The molecule has 0 aliphatic carbocycles. The zero-order valence-electron chi connectivity index (χ0n) is 5.80. The fourth-order valence-electron chi connectivity index (χ4n) is 0.537. The van der Waals surface area contributed by atoms with Crippen molar-refractivity contribution in [3.8, 4) is 5.88 Å². The van der Waals surface area contributed by atoms with E-state index < -0.39 is 5.97 Å². The van der Waals surface area contributed by atoms with Crippen LogP contribution < -0.4 is 4.74 Å². The second-order valence-electron chi connectivity index (χ2n) is 1.76. The summed E-state index contributed by atoms with van der Waals surface area (Å²) < 4.78 is 4.29. The maximum atomic E-state index is 10.3. The van der Waals surface area contributed by atoms with E-state index in [1.165, 1.54) is 0 Å². The summed E-state index contributed by atoms with van der Waals surface area (Å²) in [6.45, 7) is 0.185. The summed E-state index contributed by atoms with van der Waals surface area (Å²) in [6, 6.07) is 0. The lowest BCUT2D eigenvalue weighted by molar-refractivity contribution is -0.120. The van der Waals surface area contributed by atoms with Crippen LogP contribution in [-0.4, -0.2) is 27.5 Å². The van der Waals surface area contributed by atoms with Gasteiger partial charge in [-0.1, -0.05) is 0 Å². The molecule has 1 aromatic rings. The number of carboxylic acids is 1. The Morgan fingerprint density at radius 3 is 2.67 bits per heavy atom. The fraction of sp³-hybridized carbons (Fsp3) is 0. The highest BCUT2D eigenvalue weighted by Crippen LogP contribution is 2.01. The Morgan fingerprint density at radius 2 is 2.25 bits per heavy atom. The van der Waals surface area contributed by atoms with Crippen LogP contribution in [0.25, 0.3) is 0 Å². The molecule has 0 aromatic carbocycles. The second kappa shape index (κ2) is 3.42. The van der Waals surface area contributed by atoms with Gasteiger partial charge in [-0.15, -0.1) is 0 Å². The molecule has 0 saturated heterocycles. The molecule has 1 heterocycles. The number of aromatic nitrogens is 2. The summed E-state index contributed by atoms with van der Waals surface area (Å²) in [5.41, 5.74) is -0.201. The molecule has 62 valence electrons. The zero-order chi connectivity index (χ0) is 8.97. The van der Waals surface area contributed by atoms with Crippen LogP contribution in [0.1, 0.15) is 10.5 Å². The monoisotopic (exact) mass is 168 g/mol. The third kappa shape index (κ3) is 1.75. The van der Waals surface area contributed by atoms with Crippen molar-refractivity contribution in [3.63, 3.8) is 0 Å². The lowest BCUT2D eigenvalue weighted by atomic mass is 10.5. The molecule has 0 fully saturated rings. The third-order valence-corrected chi connectivity index (χ3v) is 1.02. The van der Waals surface area contributed by atoms with Crippen LogP contribution in [-0.2, 0) is 4.79 Å². The molecular weight excluding hydrogens is 164 g/mol. The van der Waals surface area contributed by atoms with Crippen LogP contribution in [0.3, 0.4) is 0 Å². The first-order chi connectivity index (χ1) is 5.74. The van der Waals surface area contributed by atoms with Crippen molar-refractivity contribution < 1.29 is 19.4 Å². The average Bonchev–Trinajstić information content (AvgIpc) is 2.06. The van der Waals surface area contributed by atoms with Crippen LogP contribution in [0.15, 0.2) is 12.4 Å². The lowest BCUT2D eigenvalue weighted by Crippen LogP contribution is -2.01. The summed E-state index contributed by atoms with van der Waals surface area (Å²) in [7, 11) is 0. The van der Waals surface area contributed by atoms with E-state index in [2.05, 4.69) is 14.7 Å². The number of aromatic carboxylic acids is 1. The fourth-order valence-corrected chi connectivity index (χ4v) is 0.537. The normalized spacial score (nSPS) is 9.00. The van der Waals surface area contributed by atoms with Crippen LogP contribution in [0.5, 0.6) is 5.88 Å². The Labute approximate surface area is 66.8 Å². The van der Waals surface area contributed by atoms with Crippen LogP contribution in [0.2, 0.25) is 0 Å². The number of ether oxygens (including phenoxy) is 1. The molecule has 0 atom stereocenters. The number of hydrogen-bond donors (Lipinski definition) is 1. The van der Waals surface area contributed by atoms with Gasteiger partial charge in [-0.2, -0.15) is 0 Å². The van der Waals surface area contributed by atoms with Gasteiger partial charge in [0.1, 0.15) is 0 Å². The molecule has 12 heavy (non-hydrogen) atoms. The maximum Gasteiger partial charge on any atom is 0.356 e. The summed E-state index contributed by atoms with van der Waals surface area (Å²) in [5.74, 6) is -1.21. The van der Waals surface area contributed by atoms with E-state index >= 15 is 0 Å². The van der Waals surface area contributed by atoms with Gasteiger partial charge < -0.3 is 9.84 Å². The Kier molecular flexibility index (Phi) is 2.32. The van der Waals surface area contributed by atoms with Crippen LogP contribution in [0, 0.1) is 0 Å². The molecule has 0 spiro atoms. The molecule has 6 heteroatoms. The minimum Gasteiger partial charge on any atom is -0.476 e. The van der Waals surface area contributed by atoms with Crippen molar-refractivity contribution >= 4 is 12.4 Å². The molecule has 0 aliphatic heterocycles. The molecule has 1 aromatic heterocycles. The Morgan fingerprint density at radius 1 is 1.50 bits per heavy atom. The third-order valence-electron chi connectivity index (χ3n) is 1.02. The first-order valence-corrected chi connectivity index (χ1v) is 2.89. The highest BCUT2D eigenvalue weighted by Gasteiger charge is 2.04. The highest BCUT2D eigenvalue weighted by atomic mass is 16.5. The summed E-state index contributed by atoms with van der Waals surface area (Å²) >= 11 is 0. The van der Waals surface area contributed by atoms with Gasteiger partial charge in [0.2, 0.25) is 5.88 Å². The Hall–Kier alpha value is -1.98. The SMILES string of the molecule is O=COc1cnc(C(=O)O)cn1. The van der Waals surface area contributed by atoms with Crippen molar-refractivity contribution in [2.45, 2.75) is 0 Å². The average molecular weight is 168 g/mol. The first-order valence-electron chi connectivity index (χ1n) is 2.89. The maximum absolute atomic E-state index is 10.3. The molecular formula is C6H4N2O4. The molecule has 0 saturated carbocycles. The van der Waals surface area contributed by atoms with E-state index in [9.17, 15) is 9.59 Å². The number of nitrogens with zero attached hydrogens (tertiary/aromatic N) is 2. The molecule has 6 nitrogen and oxygen atoms in total. The Balaban J connectivity index is 2.85. The van der Waals surface area contributed by atoms with Gasteiger partial charge in [0.15, 0.2) is 5.69 Å². The molecule has 0 unspecified atom stereocenters. The zero-order valence-corrected chi connectivity index (χ0v) is 5.80. The van der Waals surface area contributed by atoms with E-state index in [4.69, 9.17) is 5.11 Å². The van der Waals surface area contributed by atoms with E-state index in [0.29, 0.717) is 0 Å². The standard InChI is InChI=1S/C6H4N2O4/c9-3-12-5-2-7-4(1-8-5)6(10)11/h1-3H,(H,10,11). The molecule has 0 bridgehead atoms.